The second-order valence-corrected chi connectivity index (χ2v) is 6.26. The number of hydrogen-bond acceptors (Lipinski definition) is 2. The molecule has 0 unspecified atom stereocenters. The molecule has 0 radical (unpaired) electrons. The number of aliphatic carboxylic acids is 1. The molecule has 104 valence electrons. The molecule has 2 N–H and O–H groups in total. The van der Waals surface area contributed by atoms with Crippen molar-refractivity contribution in [3.05, 3.63) is 0 Å². The van der Waals surface area contributed by atoms with Gasteiger partial charge in [0.1, 0.15) is 6.04 Å². The van der Waals surface area contributed by atoms with Gasteiger partial charge in [-0.15, -0.1) is 0 Å². The van der Waals surface area contributed by atoms with E-state index in [-0.39, 0.29) is 6.03 Å². The zero-order valence-electron chi connectivity index (χ0n) is 11.7. The summed E-state index contributed by atoms with van der Waals surface area (Å²) in [7, 11) is 1.72. The van der Waals surface area contributed by atoms with Crippen LogP contribution in [0, 0.1) is 11.3 Å². The maximum Gasteiger partial charge on any atom is 0.326 e. The number of carboxylic acid groups (broad SMARTS) is 1. The van der Waals surface area contributed by atoms with Crippen LogP contribution in [-0.4, -0.2) is 41.6 Å². The molecule has 2 amide bonds. The van der Waals surface area contributed by atoms with Gasteiger partial charge in [-0.1, -0.05) is 27.2 Å². The van der Waals surface area contributed by atoms with Gasteiger partial charge in [-0.3, -0.25) is 0 Å². The summed E-state index contributed by atoms with van der Waals surface area (Å²) in [6, 6.07) is -1.17. The first kappa shape index (κ1) is 14.8. The summed E-state index contributed by atoms with van der Waals surface area (Å²) in [5, 5.41) is 11.7. The van der Waals surface area contributed by atoms with Crippen molar-refractivity contribution in [1.29, 1.82) is 0 Å². The monoisotopic (exact) mass is 256 g/mol. The highest BCUT2D eigenvalue weighted by Crippen LogP contribution is 2.27. The van der Waals surface area contributed by atoms with Crippen molar-refractivity contribution in [2.75, 3.05) is 13.6 Å². The number of nitrogens with one attached hydrogen (secondary N) is 1. The number of nitrogens with zero attached hydrogens (tertiary/aromatic N) is 1. The fourth-order valence-corrected chi connectivity index (χ4v) is 2.03. The van der Waals surface area contributed by atoms with Crippen LogP contribution >= 0.6 is 0 Å². The van der Waals surface area contributed by atoms with Gasteiger partial charge in [0.25, 0.3) is 0 Å². The molecule has 1 aliphatic carbocycles. The zero-order valence-corrected chi connectivity index (χ0v) is 11.7. The van der Waals surface area contributed by atoms with Gasteiger partial charge in [-0.25, -0.2) is 9.59 Å². The Hall–Kier alpha value is -1.26. The van der Waals surface area contributed by atoms with Crippen molar-refractivity contribution in [2.45, 2.75) is 46.1 Å². The molecule has 0 heterocycles. The largest absolute Gasteiger partial charge is 0.480 e. The minimum atomic E-state index is -0.993. The van der Waals surface area contributed by atoms with Gasteiger partial charge in [0.05, 0.1) is 0 Å². The van der Waals surface area contributed by atoms with Crippen LogP contribution in [0.25, 0.3) is 0 Å². The van der Waals surface area contributed by atoms with Crippen LogP contribution in [0.3, 0.4) is 0 Å². The molecule has 5 nitrogen and oxygen atoms in total. The van der Waals surface area contributed by atoms with E-state index in [4.69, 9.17) is 5.11 Å². The van der Waals surface area contributed by atoms with Crippen molar-refractivity contribution >= 4 is 12.0 Å². The highest BCUT2D eigenvalue weighted by atomic mass is 16.4. The molecule has 0 aromatic carbocycles. The summed E-state index contributed by atoms with van der Waals surface area (Å²) in [6.07, 6.45) is 3.57. The molecule has 0 saturated heterocycles. The van der Waals surface area contributed by atoms with Crippen LogP contribution in [0.1, 0.15) is 40.0 Å². The smallest absolute Gasteiger partial charge is 0.326 e. The van der Waals surface area contributed by atoms with Crippen LogP contribution in [0.5, 0.6) is 0 Å². The first-order chi connectivity index (χ1) is 8.21. The normalized spacial score (nSPS) is 17.8. The molecule has 1 atom stereocenters. The van der Waals surface area contributed by atoms with Crippen molar-refractivity contribution in [1.82, 2.24) is 10.2 Å². The third-order valence-corrected chi connectivity index (χ3v) is 3.48. The average molecular weight is 256 g/mol. The fourth-order valence-electron chi connectivity index (χ4n) is 2.03. The quantitative estimate of drug-likeness (QED) is 0.807. The maximum atomic E-state index is 11.9. The van der Waals surface area contributed by atoms with Crippen molar-refractivity contribution < 1.29 is 14.7 Å². The van der Waals surface area contributed by atoms with Gasteiger partial charge >= 0.3 is 12.0 Å². The predicted molar refractivity (Wildman–Crippen MR) is 69.4 cm³/mol. The van der Waals surface area contributed by atoms with Crippen LogP contribution in [0.4, 0.5) is 4.79 Å². The van der Waals surface area contributed by atoms with E-state index >= 15 is 0 Å². The Balaban J connectivity index is 2.52. The lowest BCUT2D eigenvalue weighted by atomic mass is 9.85. The highest BCUT2D eigenvalue weighted by Gasteiger charge is 2.33. The number of carboxylic acids is 1. The van der Waals surface area contributed by atoms with E-state index in [0.29, 0.717) is 12.5 Å². The summed E-state index contributed by atoms with van der Waals surface area (Å²) in [5.74, 6) is -0.411. The Bertz CT molecular complexity index is 319. The summed E-state index contributed by atoms with van der Waals surface area (Å²) in [6.45, 7) is 6.12. The summed E-state index contributed by atoms with van der Waals surface area (Å²) < 4.78 is 0. The standard InChI is InChI=1S/C13H24N2O3/c1-13(2,3)10(11(16)17)14-12(18)15(4)8-9-6-5-7-9/h9-10H,5-8H2,1-4H3,(H,14,18)(H,16,17)/t10-/m0/s1. The summed E-state index contributed by atoms with van der Waals surface area (Å²) >= 11 is 0. The van der Waals surface area contributed by atoms with Gasteiger partial charge in [-0.05, 0) is 24.2 Å². The topological polar surface area (TPSA) is 69.6 Å². The lowest BCUT2D eigenvalue weighted by molar-refractivity contribution is -0.142. The predicted octanol–water partition coefficient (Wildman–Crippen LogP) is 1.93. The van der Waals surface area contributed by atoms with Gasteiger partial charge < -0.3 is 15.3 Å². The molecule has 0 aromatic rings. The Kier molecular flexibility index (Phi) is 4.59. The molecule has 0 aromatic heterocycles. The second kappa shape index (κ2) is 5.59. The molecular weight excluding hydrogens is 232 g/mol. The highest BCUT2D eigenvalue weighted by molar-refractivity contribution is 5.83. The minimum Gasteiger partial charge on any atom is -0.480 e. The first-order valence-electron chi connectivity index (χ1n) is 6.46. The molecule has 0 aliphatic heterocycles. The van der Waals surface area contributed by atoms with Gasteiger partial charge in [0.2, 0.25) is 0 Å². The number of carbonyl (C=O) groups excluding carboxylic acids is 1. The van der Waals surface area contributed by atoms with Gasteiger partial charge in [0.15, 0.2) is 0 Å². The van der Waals surface area contributed by atoms with E-state index in [1.165, 1.54) is 19.3 Å². The second-order valence-electron chi connectivity index (χ2n) is 6.26. The average Bonchev–Trinajstić information content (AvgIpc) is 2.16. The number of urea groups is 1. The third-order valence-electron chi connectivity index (χ3n) is 3.48. The van der Waals surface area contributed by atoms with Gasteiger partial charge in [-0.2, -0.15) is 0 Å². The van der Waals surface area contributed by atoms with Crippen molar-refractivity contribution in [3.8, 4) is 0 Å². The maximum absolute atomic E-state index is 11.9. The minimum absolute atomic E-state index is 0.302. The van der Waals surface area contributed by atoms with Crippen molar-refractivity contribution in [2.24, 2.45) is 11.3 Å². The molecular formula is C13H24N2O3. The number of carbonyl (C=O) groups is 2. The van der Waals surface area contributed by atoms with E-state index in [2.05, 4.69) is 5.32 Å². The lowest BCUT2D eigenvalue weighted by Crippen LogP contribution is -2.53. The lowest BCUT2D eigenvalue weighted by Gasteiger charge is -2.33. The van der Waals surface area contributed by atoms with E-state index in [0.717, 1.165) is 0 Å². The zero-order chi connectivity index (χ0) is 13.9. The number of amides is 2. The van der Waals surface area contributed by atoms with Gasteiger partial charge in [0, 0.05) is 13.6 Å². The summed E-state index contributed by atoms with van der Waals surface area (Å²) in [5.41, 5.74) is -0.501. The Morgan fingerprint density at radius 1 is 1.39 bits per heavy atom. The van der Waals surface area contributed by atoms with E-state index in [9.17, 15) is 9.59 Å². The summed E-state index contributed by atoms with van der Waals surface area (Å²) in [4.78, 5) is 24.7. The Morgan fingerprint density at radius 2 is 1.94 bits per heavy atom. The van der Waals surface area contributed by atoms with Crippen LogP contribution in [0.15, 0.2) is 0 Å². The molecule has 0 spiro atoms. The Labute approximate surface area is 109 Å². The number of rotatable bonds is 4. The van der Waals surface area contributed by atoms with E-state index < -0.39 is 17.4 Å². The van der Waals surface area contributed by atoms with Crippen LogP contribution in [0.2, 0.25) is 0 Å². The molecule has 0 bridgehead atoms. The molecule has 5 heteroatoms. The molecule has 18 heavy (non-hydrogen) atoms. The fraction of sp³-hybridized carbons (Fsp3) is 0.846. The Morgan fingerprint density at radius 3 is 2.28 bits per heavy atom. The van der Waals surface area contributed by atoms with Crippen LogP contribution < -0.4 is 5.32 Å². The van der Waals surface area contributed by atoms with Crippen molar-refractivity contribution in [3.63, 3.8) is 0 Å². The molecule has 1 aliphatic rings. The van der Waals surface area contributed by atoms with Crippen LogP contribution in [-0.2, 0) is 4.79 Å². The van der Waals surface area contributed by atoms with E-state index in [1.54, 1.807) is 32.7 Å². The first-order valence-corrected chi connectivity index (χ1v) is 6.46. The molecule has 1 fully saturated rings. The molecule has 1 saturated carbocycles. The SMILES string of the molecule is CN(CC1CCC1)C(=O)N[C@@H](C(=O)O)C(C)(C)C. The van der Waals surface area contributed by atoms with E-state index in [1.807, 2.05) is 0 Å². The number of hydrogen-bond donors (Lipinski definition) is 2. The third kappa shape index (κ3) is 3.89. The molecule has 1 rings (SSSR count).